The van der Waals surface area contributed by atoms with Crippen LogP contribution in [0.1, 0.15) is 28.2 Å². The van der Waals surface area contributed by atoms with E-state index in [0.29, 0.717) is 29.0 Å². The molecule has 1 aliphatic rings. The van der Waals surface area contributed by atoms with Gasteiger partial charge in [-0.15, -0.1) is 0 Å². The van der Waals surface area contributed by atoms with Gasteiger partial charge in [-0.1, -0.05) is 79.0 Å². The third kappa shape index (κ3) is 4.44. The summed E-state index contributed by atoms with van der Waals surface area (Å²) in [6.07, 6.45) is 5.82. The lowest BCUT2D eigenvalue weighted by Gasteiger charge is -2.17. The number of carbonyl (C=O) groups excluding carboxylic acids is 1. The minimum atomic E-state index is -0.285. The van der Waals surface area contributed by atoms with E-state index in [1.807, 2.05) is 60.7 Å². The van der Waals surface area contributed by atoms with Crippen LogP contribution in [-0.2, 0) is 0 Å². The summed E-state index contributed by atoms with van der Waals surface area (Å²) in [4.78, 5) is 17.6. The van der Waals surface area contributed by atoms with E-state index in [2.05, 4.69) is 10.3 Å². The van der Waals surface area contributed by atoms with Crippen LogP contribution in [0.5, 0.6) is 5.75 Å². The molecule has 0 radical (unpaired) electrons. The first-order chi connectivity index (χ1) is 16.6. The second-order valence-electron chi connectivity index (χ2n) is 7.79. The van der Waals surface area contributed by atoms with Gasteiger partial charge in [0, 0.05) is 28.0 Å². The van der Waals surface area contributed by atoms with Crippen molar-refractivity contribution in [2.24, 2.45) is 0 Å². The SMILES string of the molecule is O=C(Nc1cnc(C2=CCC(=S)C=C2c2ccc(-c3ccccc3)cc2O)o1)c1ccccc1. The zero-order valence-electron chi connectivity index (χ0n) is 18.1. The first-order valence-corrected chi connectivity index (χ1v) is 11.2. The number of hydrogen-bond donors (Lipinski definition) is 2. The van der Waals surface area contributed by atoms with Gasteiger partial charge in [-0.05, 0) is 41.0 Å². The van der Waals surface area contributed by atoms with Gasteiger partial charge in [-0.2, -0.15) is 0 Å². The van der Waals surface area contributed by atoms with Gasteiger partial charge >= 0.3 is 0 Å². The molecule has 1 aromatic heterocycles. The molecule has 1 amide bonds. The molecule has 0 saturated heterocycles. The second-order valence-corrected chi connectivity index (χ2v) is 8.32. The number of rotatable bonds is 5. The molecule has 4 aromatic rings. The summed E-state index contributed by atoms with van der Waals surface area (Å²) in [7, 11) is 0. The van der Waals surface area contributed by atoms with Crippen molar-refractivity contribution < 1.29 is 14.3 Å². The van der Waals surface area contributed by atoms with E-state index in [-0.39, 0.29) is 17.5 Å². The normalized spacial score (nSPS) is 13.2. The predicted molar refractivity (Wildman–Crippen MR) is 138 cm³/mol. The van der Waals surface area contributed by atoms with Crippen LogP contribution in [0.2, 0.25) is 0 Å². The Hall–Kier alpha value is -4.29. The highest BCUT2D eigenvalue weighted by Gasteiger charge is 2.22. The average Bonchev–Trinajstić information content (AvgIpc) is 3.33. The lowest BCUT2D eigenvalue weighted by molar-refractivity contribution is 0.102. The summed E-state index contributed by atoms with van der Waals surface area (Å²) >= 11 is 5.44. The number of aromatic hydroxyl groups is 1. The quantitative estimate of drug-likeness (QED) is 0.328. The van der Waals surface area contributed by atoms with Crippen molar-refractivity contribution in [1.82, 2.24) is 4.98 Å². The maximum Gasteiger partial charge on any atom is 0.258 e. The molecule has 5 nitrogen and oxygen atoms in total. The molecule has 1 heterocycles. The van der Waals surface area contributed by atoms with E-state index >= 15 is 0 Å². The molecule has 0 atom stereocenters. The Morgan fingerprint density at radius 2 is 1.68 bits per heavy atom. The Morgan fingerprint density at radius 3 is 2.41 bits per heavy atom. The molecule has 0 aliphatic heterocycles. The third-order valence-corrected chi connectivity index (χ3v) is 5.79. The number of aromatic nitrogens is 1. The molecule has 0 bridgehead atoms. The first-order valence-electron chi connectivity index (χ1n) is 10.7. The third-order valence-electron chi connectivity index (χ3n) is 5.51. The Labute approximate surface area is 202 Å². The van der Waals surface area contributed by atoms with Gasteiger partial charge in [-0.3, -0.25) is 10.1 Å². The largest absolute Gasteiger partial charge is 0.507 e. The highest BCUT2D eigenvalue weighted by Crippen LogP contribution is 2.40. The number of amides is 1. The summed E-state index contributed by atoms with van der Waals surface area (Å²) in [5, 5.41) is 13.6. The van der Waals surface area contributed by atoms with E-state index in [4.69, 9.17) is 16.6 Å². The smallest absolute Gasteiger partial charge is 0.258 e. The highest BCUT2D eigenvalue weighted by molar-refractivity contribution is 7.80. The summed E-state index contributed by atoms with van der Waals surface area (Å²) in [6.45, 7) is 0. The lowest BCUT2D eigenvalue weighted by atomic mass is 9.90. The van der Waals surface area contributed by atoms with E-state index in [1.54, 1.807) is 30.3 Å². The number of carbonyl (C=O) groups is 1. The van der Waals surface area contributed by atoms with Crippen molar-refractivity contribution in [2.45, 2.75) is 6.42 Å². The van der Waals surface area contributed by atoms with E-state index in [9.17, 15) is 9.90 Å². The molecule has 0 saturated carbocycles. The van der Waals surface area contributed by atoms with Gasteiger partial charge in [0.15, 0.2) is 0 Å². The maximum absolute atomic E-state index is 12.4. The molecule has 3 aromatic carbocycles. The molecule has 0 fully saturated rings. The van der Waals surface area contributed by atoms with Crippen LogP contribution < -0.4 is 5.32 Å². The Balaban J connectivity index is 1.43. The van der Waals surface area contributed by atoms with E-state index < -0.39 is 0 Å². The monoisotopic (exact) mass is 464 g/mol. The fraction of sp³-hybridized carbons (Fsp3) is 0.0357. The van der Waals surface area contributed by atoms with Crippen molar-refractivity contribution in [3.05, 3.63) is 114 Å². The number of thiocarbonyl (C=S) groups is 1. The van der Waals surface area contributed by atoms with Crippen LogP contribution in [0, 0.1) is 0 Å². The minimum Gasteiger partial charge on any atom is -0.507 e. The van der Waals surface area contributed by atoms with Gasteiger partial charge in [0.1, 0.15) is 5.75 Å². The van der Waals surface area contributed by atoms with Gasteiger partial charge in [0.2, 0.25) is 11.8 Å². The number of benzene rings is 3. The second kappa shape index (κ2) is 9.29. The number of oxazole rings is 1. The summed E-state index contributed by atoms with van der Waals surface area (Å²) in [5.74, 6) is 0.420. The molecule has 6 heteroatoms. The Morgan fingerprint density at radius 1 is 0.941 bits per heavy atom. The van der Waals surface area contributed by atoms with Crippen LogP contribution in [0.3, 0.4) is 0 Å². The van der Waals surface area contributed by atoms with Crippen molar-refractivity contribution in [3.63, 3.8) is 0 Å². The number of phenolic OH excluding ortho intramolecular Hbond substituents is 1. The van der Waals surface area contributed by atoms with Crippen LogP contribution in [-0.4, -0.2) is 20.9 Å². The van der Waals surface area contributed by atoms with Gasteiger partial charge in [0.05, 0.1) is 6.20 Å². The molecule has 34 heavy (non-hydrogen) atoms. The van der Waals surface area contributed by atoms with Crippen LogP contribution >= 0.6 is 12.2 Å². The topological polar surface area (TPSA) is 75.4 Å². The molecule has 0 spiro atoms. The molecule has 2 N–H and O–H groups in total. The lowest BCUT2D eigenvalue weighted by Crippen LogP contribution is -2.10. The first kappa shape index (κ1) is 21.6. The van der Waals surface area contributed by atoms with Gasteiger partial charge in [-0.25, -0.2) is 4.98 Å². The molecule has 166 valence electrons. The number of anilines is 1. The number of nitrogens with one attached hydrogen (secondary N) is 1. The van der Waals surface area contributed by atoms with Crippen molar-refractivity contribution >= 4 is 40.0 Å². The predicted octanol–water partition coefficient (Wildman–Crippen LogP) is 6.54. The van der Waals surface area contributed by atoms with E-state index in [1.165, 1.54) is 6.20 Å². The Bertz CT molecular complexity index is 1440. The number of nitrogens with zero attached hydrogens (tertiary/aromatic N) is 1. The summed E-state index contributed by atoms with van der Waals surface area (Å²) < 4.78 is 5.86. The molecular formula is C28H20N2O3S. The van der Waals surface area contributed by atoms with Crippen LogP contribution in [0.4, 0.5) is 5.88 Å². The van der Waals surface area contributed by atoms with Crippen LogP contribution in [0.25, 0.3) is 22.3 Å². The number of hydrogen-bond acceptors (Lipinski definition) is 5. The fourth-order valence-electron chi connectivity index (χ4n) is 3.84. The molecule has 1 aliphatic carbocycles. The summed E-state index contributed by atoms with van der Waals surface area (Å²) in [6, 6.07) is 24.3. The zero-order chi connectivity index (χ0) is 23.5. The van der Waals surface area contributed by atoms with Crippen LogP contribution in [0.15, 0.2) is 102 Å². The highest BCUT2D eigenvalue weighted by atomic mass is 32.1. The summed E-state index contributed by atoms with van der Waals surface area (Å²) in [5.41, 5.74) is 4.49. The van der Waals surface area contributed by atoms with Gasteiger partial charge in [0.25, 0.3) is 5.91 Å². The average molecular weight is 465 g/mol. The van der Waals surface area contributed by atoms with Crippen molar-refractivity contribution in [1.29, 1.82) is 0 Å². The van der Waals surface area contributed by atoms with Gasteiger partial charge < -0.3 is 9.52 Å². The molecule has 0 unspecified atom stereocenters. The number of allylic oxidation sites excluding steroid dienone is 4. The number of phenols is 1. The van der Waals surface area contributed by atoms with Crippen molar-refractivity contribution in [2.75, 3.05) is 5.32 Å². The standard InChI is InChI=1S/C28H20N2O3S/c31-25-15-20(18-7-3-1-4-8-18)11-13-22(25)24-16-21(34)12-14-23(24)28-29-17-26(33-28)30-27(32)19-9-5-2-6-10-19/h1-11,13-17,31H,12H2,(H,30,32). The zero-order valence-corrected chi connectivity index (χ0v) is 18.9. The Kier molecular flexibility index (Phi) is 5.89. The maximum atomic E-state index is 12.4. The molecule has 5 rings (SSSR count). The minimum absolute atomic E-state index is 0.132. The van der Waals surface area contributed by atoms with Crippen molar-refractivity contribution in [3.8, 4) is 16.9 Å². The molecular weight excluding hydrogens is 444 g/mol. The fourth-order valence-corrected chi connectivity index (χ4v) is 4.04. The van der Waals surface area contributed by atoms with E-state index in [0.717, 1.165) is 21.6 Å².